The Labute approximate surface area is 165 Å². The summed E-state index contributed by atoms with van der Waals surface area (Å²) in [7, 11) is 4.34. The molecule has 2 aromatic heterocycles. The van der Waals surface area contributed by atoms with Crippen molar-refractivity contribution in [2.75, 3.05) is 25.5 Å². The second kappa shape index (κ2) is 7.56. The van der Waals surface area contributed by atoms with Crippen molar-refractivity contribution in [1.29, 1.82) is 0 Å². The van der Waals surface area contributed by atoms with Gasteiger partial charge in [0.2, 0.25) is 0 Å². The molecule has 0 spiro atoms. The normalized spacial score (nSPS) is 25.5. The summed E-state index contributed by atoms with van der Waals surface area (Å²) in [6, 6.07) is 3.92. The Morgan fingerprint density at radius 3 is 2.33 bits per heavy atom. The number of urea groups is 1. The third-order valence-corrected chi connectivity index (χ3v) is 7.07. The SMILES string of the molecule is Cc1ncc(N(CC2(C)CCC(c3cccs3)(N(C)C)CC2)C(N)=O)cn1. The van der Waals surface area contributed by atoms with Crippen LogP contribution >= 0.6 is 11.3 Å². The predicted octanol–water partition coefficient (Wildman–Crippen LogP) is 3.77. The second-order valence-electron chi connectivity index (χ2n) is 8.13. The van der Waals surface area contributed by atoms with Crippen LogP contribution in [0.1, 0.15) is 43.3 Å². The predicted molar refractivity (Wildman–Crippen MR) is 110 cm³/mol. The van der Waals surface area contributed by atoms with Gasteiger partial charge in [-0.05, 0) is 63.6 Å². The van der Waals surface area contributed by atoms with Crippen molar-refractivity contribution >= 4 is 23.1 Å². The molecule has 2 heterocycles. The van der Waals surface area contributed by atoms with Gasteiger partial charge in [-0.15, -0.1) is 11.3 Å². The summed E-state index contributed by atoms with van der Waals surface area (Å²) >= 11 is 1.83. The van der Waals surface area contributed by atoms with Crippen LogP contribution < -0.4 is 10.6 Å². The average Bonchev–Trinajstić information content (AvgIpc) is 3.16. The number of thiophene rings is 1. The molecule has 0 unspecified atom stereocenters. The minimum Gasteiger partial charge on any atom is -0.351 e. The molecule has 0 saturated heterocycles. The lowest BCUT2D eigenvalue weighted by molar-refractivity contribution is 0.0487. The van der Waals surface area contributed by atoms with Crippen LogP contribution in [-0.2, 0) is 5.54 Å². The third kappa shape index (κ3) is 3.99. The molecular weight excluding hydrogens is 358 g/mol. The van der Waals surface area contributed by atoms with Crippen molar-refractivity contribution in [3.05, 3.63) is 40.6 Å². The zero-order valence-corrected chi connectivity index (χ0v) is 17.4. The van der Waals surface area contributed by atoms with Gasteiger partial charge in [0.25, 0.3) is 0 Å². The molecule has 146 valence electrons. The minimum absolute atomic E-state index is 0.0106. The van der Waals surface area contributed by atoms with E-state index in [1.807, 2.05) is 18.3 Å². The maximum Gasteiger partial charge on any atom is 0.319 e. The molecule has 3 rings (SSSR count). The van der Waals surface area contributed by atoms with Crippen LogP contribution in [0, 0.1) is 12.3 Å². The summed E-state index contributed by atoms with van der Waals surface area (Å²) in [5.74, 6) is 0.679. The average molecular weight is 388 g/mol. The highest BCUT2D eigenvalue weighted by Gasteiger charge is 2.44. The van der Waals surface area contributed by atoms with Crippen molar-refractivity contribution in [1.82, 2.24) is 14.9 Å². The van der Waals surface area contributed by atoms with E-state index in [9.17, 15) is 4.79 Å². The van der Waals surface area contributed by atoms with E-state index >= 15 is 0 Å². The van der Waals surface area contributed by atoms with Crippen LogP contribution in [0.4, 0.5) is 10.5 Å². The highest BCUT2D eigenvalue weighted by atomic mass is 32.1. The second-order valence-corrected chi connectivity index (χ2v) is 9.07. The fourth-order valence-corrected chi connectivity index (χ4v) is 5.15. The quantitative estimate of drug-likeness (QED) is 0.847. The first kappa shape index (κ1) is 19.8. The van der Waals surface area contributed by atoms with E-state index in [-0.39, 0.29) is 11.0 Å². The van der Waals surface area contributed by atoms with Crippen LogP contribution in [0.2, 0.25) is 0 Å². The van der Waals surface area contributed by atoms with Gasteiger partial charge in [-0.25, -0.2) is 14.8 Å². The van der Waals surface area contributed by atoms with E-state index in [0.717, 1.165) is 25.7 Å². The highest BCUT2D eigenvalue weighted by molar-refractivity contribution is 7.10. The number of primary amides is 1. The van der Waals surface area contributed by atoms with Gasteiger partial charge < -0.3 is 5.73 Å². The summed E-state index contributed by atoms with van der Waals surface area (Å²) < 4.78 is 0. The molecule has 2 aromatic rings. The molecule has 27 heavy (non-hydrogen) atoms. The third-order valence-electron chi connectivity index (χ3n) is 6.01. The van der Waals surface area contributed by atoms with E-state index in [4.69, 9.17) is 5.73 Å². The first-order valence-corrected chi connectivity index (χ1v) is 10.2. The number of amides is 2. The van der Waals surface area contributed by atoms with Crippen LogP contribution in [0.3, 0.4) is 0 Å². The molecule has 6 nitrogen and oxygen atoms in total. The lowest BCUT2D eigenvalue weighted by Crippen LogP contribution is -2.50. The molecule has 0 aliphatic heterocycles. The fraction of sp³-hybridized carbons (Fsp3) is 0.550. The number of rotatable bonds is 5. The number of nitrogens with two attached hydrogens (primary N) is 1. The van der Waals surface area contributed by atoms with Crippen LogP contribution in [0.5, 0.6) is 0 Å². The Morgan fingerprint density at radius 1 is 1.22 bits per heavy atom. The molecule has 0 aromatic carbocycles. The molecule has 1 saturated carbocycles. The fourth-order valence-electron chi connectivity index (χ4n) is 4.09. The molecule has 1 aliphatic carbocycles. The maximum absolute atomic E-state index is 12.1. The Morgan fingerprint density at radius 2 is 1.85 bits per heavy atom. The van der Waals surface area contributed by atoms with E-state index in [1.54, 1.807) is 17.3 Å². The van der Waals surface area contributed by atoms with E-state index in [2.05, 4.69) is 53.4 Å². The van der Waals surface area contributed by atoms with Crippen molar-refractivity contribution in [2.45, 2.75) is 45.1 Å². The maximum atomic E-state index is 12.1. The molecule has 2 amide bonds. The van der Waals surface area contributed by atoms with Gasteiger partial charge in [0.1, 0.15) is 5.82 Å². The topological polar surface area (TPSA) is 75.3 Å². The van der Waals surface area contributed by atoms with Crippen LogP contribution in [-0.4, -0.2) is 41.5 Å². The smallest absolute Gasteiger partial charge is 0.319 e. The zero-order chi connectivity index (χ0) is 19.7. The molecule has 2 N–H and O–H groups in total. The van der Waals surface area contributed by atoms with E-state index in [1.165, 1.54) is 4.88 Å². The number of carbonyl (C=O) groups is 1. The Bertz CT molecular complexity index is 764. The number of anilines is 1. The largest absolute Gasteiger partial charge is 0.351 e. The van der Waals surface area contributed by atoms with Gasteiger partial charge in [-0.1, -0.05) is 13.0 Å². The lowest BCUT2D eigenvalue weighted by Gasteiger charge is -2.49. The Balaban J connectivity index is 1.78. The van der Waals surface area contributed by atoms with Gasteiger partial charge in [-0.2, -0.15) is 0 Å². The number of hydrogen-bond acceptors (Lipinski definition) is 5. The monoisotopic (exact) mass is 387 g/mol. The molecule has 7 heteroatoms. The van der Waals surface area contributed by atoms with Crippen molar-refractivity contribution in [3.8, 4) is 0 Å². The van der Waals surface area contributed by atoms with Gasteiger partial charge >= 0.3 is 6.03 Å². The van der Waals surface area contributed by atoms with Crippen molar-refractivity contribution in [3.63, 3.8) is 0 Å². The number of hydrogen-bond donors (Lipinski definition) is 1. The summed E-state index contributed by atoms with van der Waals surface area (Å²) in [5, 5.41) is 2.15. The van der Waals surface area contributed by atoms with Gasteiger partial charge in [0.15, 0.2) is 0 Å². The van der Waals surface area contributed by atoms with E-state index in [0.29, 0.717) is 18.1 Å². The molecular formula is C20H29N5OS. The van der Waals surface area contributed by atoms with Crippen LogP contribution in [0.15, 0.2) is 29.9 Å². The minimum atomic E-state index is -0.452. The standard InChI is InChI=1S/C20H29N5OS/c1-15-22-12-16(13-23-15)25(18(21)26)14-19(2)7-9-20(10-8-19,24(3)4)17-6-5-11-27-17/h5-6,11-13H,7-10,14H2,1-4H3,(H2,21,26). The van der Waals surface area contributed by atoms with Crippen molar-refractivity contribution in [2.24, 2.45) is 11.1 Å². The molecule has 1 aliphatic rings. The molecule has 0 atom stereocenters. The first-order chi connectivity index (χ1) is 12.8. The van der Waals surface area contributed by atoms with Gasteiger partial charge in [0, 0.05) is 11.4 Å². The number of carbonyl (C=O) groups excluding carboxylic acids is 1. The summed E-state index contributed by atoms with van der Waals surface area (Å²) in [5.41, 5.74) is 6.44. The first-order valence-electron chi connectivity index (χ1n) is 9.33. The summed E-state index contributed by atoms with van der Waals surface area (Å²) in [4.78, 5) is 25.9. The number of aryl methyl sites for hydroxylation is 1. The highest BCUT2D eigenvalue weighted by Crippen LogP contribution is 2.49. The van der Waals surface area contributed by atoms with Crippen molar-refractivity contribution < 1.29 is 4.79 Å². The summed E-state index contributed by atoms with van der Waals surface area (Å²) in [6.45, 7) is 4.67. The van der Waals surface area contributed by atoms with Gasteiger partial charge in [0.05, 0.1) is 23.6 Å². The van der Waals surface area contributed by atoms with Crippen LogP contribution in [0.25, 0.3) is 0 Å². The van der Waals surface area contributed by atoms with Gasteiger partial charge in [-0.3, -0.25) is 9.80 Å². The molecule has 0 bridgehead atoms. The lowest BCUT2D eigenvalue weighted by atomic mass is 9.67. The van der Waals surface area contributed by atoms with E-state index < -0.39 is 6.03 Å². The molecule has 0 radical (unpaired) electrons. The number of aromatic nitrogens is 2. The Hall–Kier alpha value is -1.99. The zero-order valence-electron chi connectivity index (χ0n) is 16.6. The molecule has 1 fully saturated rings. The Kier molecular flexibility index (Phi) is 5.53. The summed E-state index contributed by atoms with van der Waals surface area (Å²) in [6.07, 6.45) is 7.53. The number of nitrogens with zero attached hydrogens (tertiary/aromatic N) is 4.